The Bertz CT molecular complexity index is 447. The molecule has 1 heterocycles. The zero-order chi connectivity index (χ0) is 12.4. The van der Waals surface area contributed by atoms with Gasteiger partial charge in [-0.3, -0.25) is 4.79 Å². The van der Waals surface area contributed by atoms with Gasteiger partial charge in [-0.15, -0.1) is 0 Å². The largest absolute Gasteiger partial charge is 0.376 e. The molecule has 6 heteroatoms. The average Bonchev–Trinajstić information content (AvgIpc) is 2.36. The van der Waals surface area contributed by atoms with Crippen LogP contribution in [0.3, 0.4) is 0 Å². The predicted octanol–water partition coefficient (Wildman–Crippen LogP) is 2.84. The van der Waals surface area contributed by atoms with Gasteiger partial charge in [0.15, 0.2) is 11.6 Å². The molecule has 0 aliphatic carbocycles. The number of hydrogen-bond acceptors (Lipinski definition) is 3. The van der Waals surface area contributed by atoms with Crippen molar-refractivity contribution < 1.29 is 18.7 Å². The van der Waals surface area contributed by atoms with Crippen molar-refractivity contribution in [1.82, 2.24) is 0 Å². The summed E-state index contributed by atoms with van der Waals surface area (Å²) in [5.41, 5.74) is -0.0753. The van der Waals surface area contributed by atoms with E-state index in [9.17, 15) is 9.18 Å². The molecule has 92 valence electrons. The van der Waals surface area contributed by atoms with E-state index in [1.54, 1.807) is 0 Å². The number of ether oxygens (including phenoxy) is 2. The van der Waals surface area contributed by atoms with E-state index in [2.05, 4.69) is 15.9 Å². The van der Waals surface area contributed by atoms with Gasteiger partial charge in [0, 0.05) is 4.47 Å². The maximum Gasteiger partial charge on any atom is 0.196 e. The highest BCUT2D eigenvalue weighted by atomic mass is 79.9. The van der Waals surface area contributed by atoms with Gasteiger partial charge in [0.1, 0.15) is 6.10 Å². The first-order chi connectivity index (χ1) is 8.11. The van der Waals surface area contributed by atoms with Crippen LogP contribution in [0.2, 0.25) is 5.02 Å². The SMILES string of the molecule is O=C(c1ccc(Br)c(Cl)c1F)C1COCCO1. The van der Waals surface area contributed by atoms with Gasteiger partial charge in [0.05, 0.1) is 30.4 Å². The lowest BCUT2D eigenvalue weighted by Crippen LogP contribution is -2.35. The monoisotopic (exact) mass is 322 g/mol. The maximum atomic E-state index is 13.8. The van der Waals surface area contributed by atoms with Crippen molar-refractivity contribution in [2.45, 2.75) is 6.10 Å². The molecule has 1 fully saturated rings. The minimum atomic E-state index is -0.754. The van der Waals surface area contributed by atoms with Crippen molar-refractivity contribution in [3.8, 4) is 0 Å². The number of hydrogen-bond donors (Lipinski definition) is 0. The topological polar surface area (TPSA) is 35.5 Å². The van der Waals surface area contributed by atoms with Gasteiger partial charge in [0.25, 0.3) is 0 Å². The van der Waals surface area contributed by atoms with E-state index in [0.29, 0.717) is 17.7 Å². The normalized spacial score (nSPS) is 20.3. The Morgan fingerprint density at radius 2 is 2.24 bits per heavy atom. The summed E-state index contributed by atoms with van der Waals surface area (Å²) in [5, 5.41) is -0.104. The molecule has 1 aliphatic heterocycles. The van der Waals surface area contributed by atoms with Gasteiger partial charge < -0.3 is 9.47 Å². The quantitative estimate of drug-likeness (QED) is 0.620. The Labute approximate surface area is 111 Å². The Balaban J connectivity index is 2.27. The van der Waals surface area contributed by atoms with E-state index < -0.39 is 17.7 Å². The van der Waals surface area contributed by atoms with E-state index in [1.807, 2.05) is 0 Å². The molecule has 1 aromatic rings. The van der Waals surface area contributed by atoms with E-state index in [1.165, 1.54) is 12.1 Å². The average molecular weight is 324 g/mol. The Hall–Kier alpha value is -0.490. The third kappa shape index (κ3) is 2.68. The van der Waals surface area contributed by atoms with Gasteiger partial charge in [-0.2, -0.15) is 0 Å². The summed E-state index contributed by atoms with van der Waals surface area (Å²) in [4.78, 5) is 12.0. The van der Waals surface area contributed by atoms with Gasteiger partial charge in [-0.05, 0) is 28.1 Å². The molecule has 2 rings (SSSR count). The maximum absolute atomic E-state index is 13.8. The lowest BCUT2D eigenvalue weighted by Gasteiger charge is -2.22. The van der Waals surface area contributed by atoms with Crippen LogP contribution < -0.4 is 0 Å². The van der Waals surface area contributed by atoms with Crippen LogP contribution in [0.1, 0.15) is 10.4 Å². The molecule has 1 unspecified atom stereocenters. The summed E-state index contributed by atoms with van der Waals surface area (Å²) >= 11 is 8.81. The van der Waals surface area contributed by atoms with Crippen LogP contribution in [-0.4, -0.2) is 31.7 Å². The van der Waals surface area contributed by atoms with Crippen LogP contribution in [0.5, 0.6) is 0 Å². The van der Waals surface area contributed by atoms with Crippen molar-refractivity contribution in [3.05, 3.63) is 33.0 Å². The molecule has 17 heavy (non-hydrogen) atoms. The molecule has 0 N–H and O–H groups in total. The molecule has 0 aromatic heterocycles. The van der Waals surface area contributed by atoms with Crippen LogP contribution >= 0.6 is 27.5 Å². The number of ketones is 1. The molecule has 1 aliphatic rings. The van der Waals surface area contributed by atoms with Gasteiger partial charge in [0.2, 0.25) is 0 Å². The molecule has 0 amide bonds. The number of Topliss-reactive ketones (excluding diaryl/α,β-unsaturated/α-hetero) is 1. The summed E-state index contributed by atoms with van der Waals surface area (Å²) in [6, 6.07) is 2.91. The van der Waals surface area contributed by atoms with E-state index in [4.69, 9.17) is 21.1 Å². The van der Waals surface area contributed by atoms with Crippen molar-refractivity contribution >= 4 is 33.3 Å². The summed E-state index contributed by atoms with van der Waals surface area (Å²) in [5.74, 6) is -1.18. The minimum absolute atomic E-state index is 0.0753. The standard InChI is InChI=1S/C11H9BrClFO3/c12-7-2-1-6(10(14)9(7)13)11(15)8-5-16-3-4-17-8/h1-2,8H,3-5H2. The van der Waals surface area contributed by atoms with Gasteiger partial charge in [-0.25, -0.2) is 4.39 Å². The first kappa shape index (κ1) is 13.0. The van der Waals surface area contributed by atoms with Crippen LogP contribution in [0.4, 0.5) is 4.39 Å². The summed E-state index contributed by atoms with van der Waals surface area (Å²) in [6.07, 6.45) is -0.754. The highest BCUT2D eigenvalue weighted by molar-refractivity contribution is 9.10. The molecule has 3 nitrogen and oxygen atoms in total. The summed E-state index contributed by atoms with van der Waals surface area (Å²) in [7, 11) is 0. The van der Waals surface area contributed by atoms with Gasteiger partial charge >= 0.3 is 0 Å². The lowest BCUT2D eigenvalue weighted by molar-refractivity contribution is -0.0720. The first-order valence-corrected chi connectivity index (χ1v) is 6.15. The number of halogens is 3. The second kappa shape index (κ2) is 5.44. The third-order valence-electron chi connectivity index (χ3n) is 2.41. The van der Waals surface area contributed by atoms with Crippen LogP contribution in [0.25, 0.3) is 0 Å². The highest BCUT2D eigenvalue weighted by Gasteiger charge is 2.27. The Morgan fingerprint density at radius 1 is 1.47 bits per heavy atom. The third-order valence-corrected chi connectivity index (χ3v) is 3.67. The zero-order valence-electron chi connectivity index (χ0n) is 8.71. The number of carbonyl (C=O) groups is 1. The second-order valence-corrected chi connectivity index (χ2v) is 4.75. The molecule has 0 spiro atoms. The lowest BCUT2D eigenvalue weighted by atomic mass is 10.1. The first-order valence-electron chi connectivity index (χ1n) is 4.98. The highest BCUT2D eigenvalue weighted by Crippen LogP contribution is 2.28. The molecule has 1 atom stereocenters. The van der Waals surface area contributed by atoms with E-state index >= 15 is 0 Å². The fraction of sp³-hybridized carbons (Fsp3) is 0.364. The van der Waals surface area contributed by atoms with Gasteiger partial charge in [-0.1, -0.05) is 11.6 Å². The number of benzene rings is 1. The summed E-state index contributed by atoms with van der Waals surface area (Å²) < 4.78 is 24.5. The van der Waals surface area contributed by atoms with E-state index in [0.717, 1.165) is 0 Å². The fourth-order valence-corrected chi connectivity index (χ4v) is 2.00. The Morgan fingerprint density at radius 3 is 2.88 bits per heavy atom. The molecular formula is C11H9BrClFO3. The Kier molecular flexibility index (Phi) is 4.14. The molecule has 0 bridgehead atoms. The number of carbonyl (C=O) groups excluding carboxylic acids is 1. The molecule has 0 saturated carbocycles. The smallest absolute Gasteiger partial charge is 0.196 e. The second-order valence-electron chi connectivity index (χ2n) is 3.52. The van der Waals surface area contributed by atoms with Crippen molar-refractivity contribution in [3.63, 3.8) is 0 Å². The summed E-state index contributed by atoms with van der Waals surface area (Å²) in [6.45, 7) is 0.932. The van der Waals surface area contributed by atoms with E-state index in [-0.39, 0.29) is 17.2 Å². The van der Waals surface area contributed by atoms with Crippen molar-refractivity contribution in [1.29, 1.82) is 0 Å². The molecule has 0 radical (unpaired) electrons. The number of rotatable bonds is 2. The van der Waals surface area contributed by atoms with Crippen LogP contribution in [-0.2, 0) is 9.47 Å². The predicted molar refractivity (Wildman–Crippen MR) is 64.0 cm³/mol. The fourth-order valence-electron chi connectivity index (χ4n) is 1.53. The van der Waals surface area contributed by atoms with Crippen LogP contribution in [0.15, 0.2) is 16.6 Å². The molecule has 1 saturated heterocycles. The molecule has 1 aromatic carbocycles. The molecular weight excluding hydrogens is 314 g/mol. The van der Waals surface area contributed by atoms with Crippen LogP contribution in [0, 0.1) is 5.82 Å². The minimum Gasteiger partial charge on any atom is -0.376 e. The zero-order valence-corrected chi connectivity index (χ0v) is 11.1. The van der Waals surface area contributed by atoms with Crippen molar-refractivity contribution in [2.24, 2.45) is 0 Å². The van der Waals surface area contributed by atoms with Crippen molar-refractivity contribution in [2.75, 3.05) is 19.8 Å².